The van der Waals surface area contributed by atoms with Crippen LogP contribution in [-0.4, -0.2) is 27.6 Å². The number of oxazole rings is 1. The number of aromatic nitrogens is 1. The normalized spacial score (nSPS) is 13.0. The minimum atomic E-state index is -1.32. The van der Waals surface area contributed by atoms with Crippen molar-refractivity contribution < 1.29 is 23.8 Å². The number of carboxylic acids is 1. The Labute approximate surface area is 132 Å². The van der Waals surface area contributed by atoms with Crippen molar-refractivity contribution >= 4 is 23.0 Å². The van der Waals surface area contributed by atoms with Crippen LogP contribution in [0.1, 0.15) is 31.9 Å². The molecule has 7 nitrogen and oxygen atoms in total. The first-order chi connectivity index (χ1) is 10.6. The molecule has 2 aromatic rings. The van der Waals surface area contributed by atoms with Crippen LogP contribution >= 0.6 is 0 Å². The number of nitrogens with one attached hydrogen (secondary N) is 1. The van der Waals surface area contributed by atoms with E-state index in [2.05, 4.69) is 4.98 Å². The second-order valence-corrected chi connectivity index (χ2v) is 6.43. The van der Waals surface area contributed by atoms with Gasteiger partial charge >= 0.3 is 17.7 Å². The first-order valence-corrected chi connectivity index (χ1v) is 7.15. The number of fused-ring (bicyclic) bond motifs is 1. The fourth-order valence-electron chi connectivity index (χ4n) is 2.29. The quantitative estimate of drug-likeness (QED) is 0.658. The van der Waals surface area contributed by atoms with Gasteiger partial charge in [0.05, 0.1) is 5.52 Å². The zero-order valence-electron chi connectivity index (χ0n) is 13.4. The molecule has 0 saturated carbocycles. The number of hydrogen-bond donors (Lipinski definition) is 2. The maximum Gasteiger partial charge on any atom is 0.417 e. The Morgan fingerprint density at radius 1 is 1.35 bits per heavy atom. The Bertz CT molecular complexity index is 808. The van der Waals surface area contributed by atoms with E-state index in [1.165, 1.54) is 0 Å². The molecule has 0 aliphatic heterocycles. The summed E-state index contributed by atoms with van der Waals surface area (Å²) in [6, 6.07) is 3.27. The summed E-state index contributed by atoms with van der Waals surface area (Å²) in [5.41, 5.74) is 1.44. The average molecular weight is 321 g/mol. The summed E-state index contributed by atoms with van der Waals surface area (Å²) in [5, 5.41) is 9.31. The van der Waals surface area contributed by atoms with Gasteiger partial charge in [-0.15, -0.1) is 0 Å². The van der Waals surface area contributed by atoms with Gasteiger partial charge in [0.1, 0.15) is 5.60 Å². The third-order valence-electron chi connectivity index (χ3n) is 3.22. The van der Waals surface area contributed by atoms with Crippen molar-refractivity contribution in [1.82, 2.24) is 4.98 Å². The van der Waals surface area contributed by atoms with E-state index >= 15 is 0 Å². The van der Waals surface area contributed by atoms with Gasteiger partial charge in [0.2, 0.25) is 0 Å². The molecule has 1 aromatic heterocycles. The summed E-state index contributed by atoms with van der Waals surface area (Å²) in [4.78, 5) is 37.3. The number of carbonyl (C=O) groups is 2. The molecule has 0 aliphatic carbocycles. The van der Waals surface area contributed by atoms with Crippen molar-refractivity contribution in [2.75, 3.05) is 0 Å². The third kappa shape index (κ3) is 4.00. The summed E-state index contributed by atoms with van der Waals surface area (Å²) in [5.74, 6) is -3.95. The van der Waals surface area contributed by atoms with Gasteiger partial charge < -0.3 is 14.3 Å². The predicted octanol–water partition coefficient (Wildman–Crippen LogP) is 2.01. The first kappa shape index (κ1) is 16.8. The standard InChI is InChI=1S/C16H19NO6/c1-8-5-9(7-11-12(8)17-15(21)22-11)6-10(13(18)19)14(20)23-16(2,3)4/h5,7,10H,6H2,1-4H3,(H,17,21)(H,18,19). The molecule has 2 N–H and O–H groups in total. The number of benzene rings is 1. The lowest BCUT2D eigenvalue weighted by molar-refractivity contribution is -0.166. The lowest BCUT2D eigenvalue weighted by Gasteiger charge is -2.22. The second-order valence-electron chi connectivity index (χ2n) is 6.43. The van der Waals surface area contributed by atoms with Crippen LogP contribution in [0, 0.1) is 12.8 Å². The number of rotatable bonds is 4. The maximum absolute atomic E-state index is 12.1. The lowest BCUT2D eigenvalue weighted by Crippen LogP contribution is -2.34. The van der Waals surface area contributed by atoms with Gasteiger partial charge in [0, 0.05) is 0 Å². The molecular formula is C16H19NO6. The summed E-state index contributed by atoms with van der Waals surface area (Å²) in [6.45, 7) is 6.79. The van der Waals surface area contributed by atoms with E-state index in [1.807, 2.05) is 0 Å². The van der Waals surface area contributed by atoms with Crippen molar-refractivity contribution in [3.63, 3.8) is 0 Å². The highest BCUT2D eigenvalue weighted by molar-refractivity contribution is 5.94. The van der Waals surface area contributed by atoms with Gasteiger partial charge in [-0.05, 0) is 51.3 Å². The van der Waals surface area contributed by atoms with Crippen LogP contribution in [0.2, 0.25) is 0 Å². The van der Waals surface area contributed by atoms with Gasteiger partial charge in [-0.25, -0.2) is 4.79 Å². The molecule has 0 spiro atoms. The van der Waals surface area contributed by atoms with E-state index in [9.17, 15) is 19.5 Å². The van der Waals surface area contributed by atoms with Crippen LogP contribution in [0.3, 0.4) is 0 Å². The fourth-order valence-corrected chi connectivity index (χ4v) is 2.29. The molecule has 124 valence electrons. The van der Waals surface area contributed by atoms with E-state index in [0.29, 0.717) is 16.7 Å². The molecule has 1 unspecified atom stereocenters. The van der Waals surface area contributed by atoms with Crippen LogP contribution < -0.4 is 5.76 Å². The highest BCUT2D eigenvalue weighted by Crippen LogP contribution is 2.21. The molecule has 0 aliphatic rings. The Morgan fingerprint density at radius 3 is 2.57 bits per heavy atom. The van der Waals surface area contributed by atoms with E-state index in [0.717, 1.165) is 5.56 Å². The van der Waals surface area contributed by atoms with Crippen LogP contribution in [0.15, 0.2) is 21.3 Å². The number of carboxylic acid groups (broad SMARTS) is 1. The number of aliphatic carboxylic acids is 1. The van der Waals surface area contributed by atoms with Crippen LogP contribution in [0.4, 0.5) is 0 Å². The van der Waals surface area contributed by atoms with Crippen LogP contribution in [-0.2, 0) is 20.7 Å². The van der Waals surface area contributed by atoms with E-state index < -0.39 is 29.2 Å². The molecule has 1 heterocycles. The Morgan fingerprint density at radius 2 is 2.00 bits per heavy atom. The van der Waals surface area contributed by atoms with Gasteiger partial charge in [-0.1, -0.05) is 6.07 Å². The highest BCUT2D eigenvalue weighted by Gasteiger charge is 2.31. The largest absolute Gasteiger partial charge is 0.481 e. The molecule has 1 atom stereocenters. The maximum atomic E-state index is 12.1. The molecule has 0 fully saturated rings. The fraction of sp³-hybridized carbons (Fsp3) is 0.438. The Kier molecular flexibility index (Phi) is 4.31. The minimum Gasteiger partial charge on any atom is -0.481 e. The van der Waals surface area contributed by atoms with Gasteiger partial charge in [-0.2, -0.15) is 0 Å². The number of esters is 1. The average Bonchev–Trinajstić information content (AvgIpc) is 2.74. The summed E-state index contributed by atoms with van der Waals surface area (Å²) < 4.78 is 10.2. The smallest absolute Gasteiger partial charge is 0.417 e. The monoisotopic (exact) mass is 321 g/mol. The summed E-state index contributed by atoms with van der Waals surface area (Å²) in [7, 11) is 0. The highest BCUT2D eigenvalue weighted by atomic mass is 16.6. The number of carbonyl (C=O) groups excluding carboxylic acids is 1. The molecule has 0 radical (unpaired) electrons. The number of aryl methyl sites for hydroxylation is 1. The molecule has 0 bridgehead atoms. The Balaban J connectivity index is 2.31. The number of ether oxygens (including phenoxy) is 1. The second kappa shape index (κ2) is 5.91. The zero-order valence-corrected chi connectivity index (χ0v) is 13.4. The lowest BCUT2D eigenvalue weighted by atomic mass is 9.97. The molecule has 7 heteroatoms. The van der Waals surface area contributed by atoms with Crippen LogP contribution in [0.5, 0.6) is 0 Å². The molecule has 0 saturated heterocycles. The van der Waals surface area contributed by atoms with Gasteiger partial charge in [-0.3, -0.25) is 14.6 Å². The van der Waals surface area contributed by atoms with Gasteiger partial charge in [0.15, 0.2) is 11.5 Å². The van der Waals surface area contributed by atoms with E-state index in [-0.39, 0.29) is 6.42 Å². The van der Waals surface area contributed by atoms with Crippen molar-refractivity contribution in [2.45, 2.75) is 39.7 Å². The van der Waals surface area contributed by atoms with Crippen LogP contribution in [0.25, 0.3) is 11.1 Å². The predicted molar refractivity (Wildman–Crippen MR) is 82.2 cm³/mol. The SMILES string of the molecule is Cc1cc(CC(C(=O)O)C(=O)OC(C)(C)C)cc2oc(=O)[nH]c12. The molecular weight excluding hydrogens is 302 g/mol. The summed E-state index contributed by atoms with van der Waals surface area (Å²) >= 11 is 0. The minimum absolute atomic E-state index is 0.0457. The van der Waals surface area contributed by atoms with Crippen molar-refractivity contribution in [2.24, 2.45) is 5.92 Å². The topological polar surface area (TPSA) is 110 Å². The first-order valence-electron chi connectivity index (χ1n) is 7.15. The molecule has 23 heavy (non-hydrogen) atoms. The number of H-pyrrole nitrogens is 1. The van der Waals surface area contributed by atoms with Gasteiger partial charge in [0.25, 0.3) is 0 Å². The number of hydrogen-bond acceptors (Lipinski definition) is 5. The van der Waals surface area contributed by atoms with E-state index in [1.54, 1.807) is 39.8 Å². The zero-order chi connectivity index (χ0) is 17.4. The molecule has 1 aromatic carbocycles. The van der Waals surface area contributed by atoms with E-state index in [4.69, 9.17) is 9.15 Å². The molecule has 0 amide bonds. The van der Waals surface area contributed by atoms with Crippen molar-refractivity contribution in [3.05, 3.63) is 33.8 Å². The molecule has 2 rings (SSSR count). The summed E-state index contributed by atoms with van der Waals surface area (Å²) in [6.07, 6.45) is -0.0457. The Hall–Kier alpha value is -2.57. The van der Waals surface area contributed by atoms with Crippen molar-refractivity contribution in [3.8, 4) is 0 Å². The van der Waals surface area contributed by atoms with Crippen molar-refractivity contribution in [1.29, 1.82) is 0 Å². The number of aromatic amines is 1. The third-order valence-corrected chi connectivity index (χ3v) is 3.22.